The number of carbonyl (C=O) groups is 1. The van der Waals surface area contributed by atoms with Crippen molar-refractivity contribution in [1.82, 2.24) is 19.9 Å². The van der Waals surface area contributed by atoms with Crippen LogP contribution in [0.2, 0.25) is 0 Å². The number of amides is 1. The number of piperidine rings is 1. The quantitative estimate of drug-likeness (QED) is 0.914. The topological polar surface area (TPSA) is 71.8 Å². The zero-order valence-electron chi connectivity index (χ0n) is 14.4. The van der Waals surface area contributed by atoms with E-state index in [-0.39, 0.29) is 5.91 Å². The maximum atomic E-state index is 12.3. The molecule has 4 heterocycles. The molecule has 0 aliphatic carbocycles. The molecule has 25 heavy (non-hydrogen) atoms. The van der Waals surface area contributed by atoms with Crippen LogP contribution >= 0.6 is 0 Å². The Bertz CT molecular complexity index is 717. The summed E-state index contributed by atoms with van der Waals surface area (Å²) in [7, 11) is 0. The maximum absolute atomic E-state index is 12.3. The molecule has 2 aromatic rings. The van der Waals surface area contributed by atoms with Crippen molar-refractivity contribution in [3.05, 3.63) is 24.7 Å². The molecule has 2 aliphatic heterocycles. The smallest absolute Gasteiger partial charge is 0.220 e. The number of ether oxygens (including phenoxy) is 1. The van der Waals surface area contributed by atoms with E-state index < -0.39 is 0 Å². The van der Waals surface area contributed by atoms with Gasteiger partial charge in [0.2, 0.25) is 5.91 Å². The van der Waals surface area contributed by atoms with Crippen LogP contribution in [0.15, 0.2) is 24.7 Å². The minimum atomic E-state index is 0.196. The molecule has 0 saturated carbocycles. The molecule has 0 aromatic carbocycles. The van der Waals surface area contributed by atoms with Crippen LogP contribution in [0.5, 0.6) is 0 Å². The number of fused-ring (bicyclic) bond motifs is 1. The molecule has 2 aromatic heterocycles. The van der Waals surface area contributed by atoms with Crippen molar-refractivity contribution < 1.29 is 9.53 Å². The normalized spacial score (nSPS) is 20.1. The molecule has 7 nitrogen and oxygen atoms in total. The van der Waals surface area contributed by atoms with Gasteiger partial charge in [-0.05, 0) is 37.7 Å². The summed E-state index contributed by atoms with van der Waals surface area (Å²) in [5.41, 5.74) is 1.04. The van der Waals surface area contributed by atoms with Crippen LogP contribution in [0.1, 0.15) is 32.1 Å². The van der Waals surface area contributed by atoms with Gasteiger partial charge < -0.3 is 15.0 Å². The van der Waals surface area contributed by atoms with Gasteiger partial charge in [0.1, 0.15) is 5.52 Å². The number of aromatic nitrogens is 3. The maximum Gasteiger partial charge on any atom is 0.220 e. The van der Waals surface area contributed by atoms with E-state index in [1.165, 1.54) is 0 Å². The van der Waals surface area contributed by atoms with Gasteiger partial charge in [-0.2, -0.15) is 5.10 Å². The van der Waals surface area contributed by atoms with E-state index in [0.717, 1.165) is 63.3 Å². The molecule has 7 heteroatoms. The van der Waals surface area contributed by atoms with E-state index in [4.69, 9.17) is 4.74 Å². The highest BCUT2D eigenvalue weighted by atomic mass is 16.5. The van der Waals surface area contributed by atoms with Gasteiger partial charge in [-0.25, -0.2) is 9.50 Å². The van der Waals surface area contributed by atoms with Crippen LogP contribution in [0, 0.1) is 5.92 Å². The Hall–Kier alpha value is -2.15. The molecule has 134 valence electrons. The van der Waals surface area contributed by atoms with E-state index in [0.29, 0.717) is 18.4 Å². The molecule has 0 spiro atoms. The fourth-order valence-electron chi connectivity index (χ4n) is 3.83. The Kier molecular flexibility index (Phi) is 4.83. The summed E-state index contributed by atoms with van der Waals surface area (Å²) in [6.45, 7) is 3.40. The molecule has 1 amide bonds. The monoisotopic (exact) mass is 343 g/mol. The van der Waals surface area contributed by atoms with Crippen molar-refractivity contribution in [3.63, 3.8) is 0 Å². The SMILES string of the molecule is O=C(CC1CCN(c2nccn3nccc23)CC1)NC1CCOCC1. The summed E-state index contributed by atoms with van der Waals surface area (Å²) in [5, 5.41) is 7.45. The molecule has 1 N–H and O–H groups in total. The molecular weight excluding hydrogens is 318 g/mol. The zero-order chi connectivity index (χ0) is 17.1. The Balaban J connectivity index is 1.29. The molecule has 0 unspecified atom stereocenters. The molecule has 0 radical (unpaired) electrons. The highest BCUT2D eigenvalue weighted by Gasteiger charge is 2.24. The van der Waals surface area contributed by atoms with Crippen molar-refractivity contribution in [2.75, 3.05) is 31.2 Å². The largest absolute Gasteiger partial charge is 0.381 e. The van der Waals surface area contributed by atoms with E-state index in [1.807, 2.05) is 16.8 Å². The predicted molar refractivity (Wildman–Crippen MR) is 94.5 cm³/mol. The summed E-state index contributed by atoms with van der Waals surface area (Å²) >= 11 is 0. The molecular formula is C18H25N5O2. The van der Waals surface area contributed by atoms with Gasteiger partial charge in [0.05, 0.1) is 6.20 Å². The summed E-state index contributed by atoms with van der Waals surface area (Å²) < 4.78 is 7.20. The fourth-order valence-corrected chi connectivity index (χ4v) is 3.83. The minimum Gasteiger partial charge on any atom is -0.381 e. The Morgan fingerprint density at radius 2 is 2.00 bits per heavy atom. The lowest BCUT2D eigenvalue weighted by molar-refractivity contribution is -0.123. The molecule has 2 saturated heterocycles. The highest BCUT2D eigenvalue weighted by Crippen LogP contribution is 2.26. The first-order valence-corrected chi connectivity index (χ1v) is 9.20. The molecule has 2 aliphatic rings. The van der Waals surface area contributed by atoms with Crippen molar-refractivity contribution in [2.45, 2.75) is 38.1 Å². The first-order chi connectivity index (χ1) is 12.3. The summed E-state index contributed by atoms with van der Waals surface area (Å²) in [5.74, 6) is 1.65. The van der Waals surface area contributed by atoms with E-state index in [1.54, 1.807) is 12.4 Å². The van der Waals surface area contributed by atoms with Crippen LogP contribution in [0.3, 0.4) is 0 Å². The van der Waals surface area contributed by atoms with Crippen molar-refractivity contribution in [3.8, 4) is 0 Å². The number of nitrogens with one attached hydrogen (secondary N) is 1. The van der Waals surface area contributed by atoms with Gasteiger partial charge in [0, 0.05) is 51.2 Å². The zero-order valence-corrected chi connectivity index (χ0v) is 14.4. The number of hydrogen-bond donors (Lipinski definition) is 1. The van der Waals surface area contributed by atoms with E-state index in [9.17, 15) is 4.79 Å². The van der Waals surface area contributed by atoms with Crippen LogP contribution in [-0.2, 0) is 9.53 Å². The Morgan fingerprint density at radius 1 is 1.20 bits per heavy atom. The minimum absolute atomic E-state index is 0.196. The van der Waals surface area contributed by atoms with Gasteiger partial charge in [0.25, 0.3) is 0 Å². The number of anilines is 1. The second-order valence-electron chi connectivity index (χ2n) is 7.00. The summed E-state index contributed by atoms with van der Waals surface area (Å²) in [4.78, 5) is 19.1. The van der Waals surface area contributed by atoms with Crippen LogP contribution in [-0.4, -0.2) is 52.9 Å². The third kappa shape index (κ3) is 3.76. The number of rotatable bonds is 4. The second kappa shape index (κ2) is 7.39. The Morgan fingerprint density at radius 3 is 2.80 bits per heavy atom. The second-order valence-corrected chi connectivity index (χ2v) is 7.00. The predicted octanol–water partition coefficient (Wildman–Crippen LogP) is 1.63. The lowest BCUT2D eigenvalue weighted by Crippen LogP contribution is -2.41. The van der Waals surface area contributed by atoms with Crippen molar-refractivity contribution in [2.24, 2.45) is 5.92 Å². The molecule has 2 fully saturated rings. The average Bonchev–Trinajstić information content (AvgIpc) is 3.12. The molecule has 0 bridgehead atoms. The lowest BCUT2D eigenvalue weighted by atomic mass is 9.93. The third-order valence-electron chi connectivity index (χ3n) is 5.28. The number of carbonyl (C=O) groups excluding carboxylic acids is 1. The fraction of sp³-hybridized carbons (Fsp3) is 0.611. The summed E-state index contributed by atoms with van der Waals surface area (Å²) in [6, 6.07) is 2.29. The van der Waals surface area contributed by atoms with Gasteiger partial charge >= 0.3 is 0 Å². The van der Waals surface area contributed by atoms with E-state index >= 15 is 0 Å². The van der Waals surface area contributed by atoms with Gasteiger partial charge in [-0.1, -0.05) is 0 Å². The number of hydrogen-bond acceptors (Lipinski definition) is 5. The van der Waals surface area contributed by atoms with Crippen LogP contribution in [0.4, 0.5) is 5.82 Å². The molecule has 4 rings (SSSR count). The first kappa shape index (κ1) is 16.3. The lowest BCUT2D eigenvalue weighted by Gasteiger charge is -2.33. The third-order valence-corrected chi connectivity index (χ3v) is 5.28. The first-order valence-electron chi connectivity index (χ1n) is 9.20. The van der Waals surface area contributed by atoms with Crippen molar-refractivity contribution >= 4 is 17.2 Å². The van der Waals surface area contributed by atoms with Crippen LogP contribution < -0.4 is 10.2 Å². The number of nitrogens with zero attached hydrogens (tertiary/aromatic N) is 4. The molecule has 0 atom stereocenters. The van der Waals surface area contributed by atoms with Gasteiger partial charge in [-0.15, -0.1) is 0 Å². The highest BCUT2D eigenvalue weighted by molar-refractivity contribution is 5.76. The van der Waals surface area contributed by atoms with Gasteiger partial charge in [-0.3, -0.25) is 4.79 Å². The Labute approximate surface area is 147 Å². The van der Waals surface area contributed by atoms with E-state index in [2.05, 4.69) is 20.3 Å². The van der Waals surface area contributed by atoms with Gasteiger partial charge in [0.15, 0.2) is 5.82 Å². The van der Waals surface area contributed by atoms with Crippen molar-refractivity contribution in [1.29, 1.82) is 0 Å². The average molecular weight is 343 g/mol. The standard InChI is InChI=1S/C18H25N5O2/c24-17(21-15-4-11-25-12-5-15)13-14-2-8-22(9-3-14)18-16-1-6-20-23(16)10-7-19-18/h1,6-7,10,14-15H,2-5,8-9,11-13H2,(H,21,24). The summed E-state index contributed by atoms with van der Waals surface area (Å²) in [6.07, 6.45) is 10.0. The van der Waals surface area contributed by atoms with Crippen LogP contribution in [0.25, 0.3) is 5.52 Å².